The molecular formula is C13H20N2O2. The third kappa shape index (κ3) is 1.65. The minimum atomic E-state index is -0.183. The zero-order chi connectivity index (χ0) is 12.2. The van der Waals surface area contributed by atoms with Gasteiger partial charge in [0.2, 0.25) is 11.8 Å². The number of rotatable bonds is 2. The van der Waals surface area contributed by atoms with E-state index in [2.05, 4.69) is 6.92 Å². The molecule has 4 nitrogen and oxygen atoms in total. The summed E-state index contributed by atoms with van der Waals surface area (Å²) >= 11 is 0. The van der Waals surface area contributed by atoms with Gasteiger partial charge in [-0.3, -0.25) is 9.59 Å². The highest BCUT2D eigenvalue weighted by Gasteiger charge is 2.56. The molecule has 0 spiro atoms. The third-order valence-corrected chi connectivity index (χ3v) is 4.70. The Morgan fingerprint density at radius 2 is 2.06 bits per heavy atom. The number of hydrogen-bond acceptors (Lipinski definition) is 2. The Labute approximate surface area is 102 Å². The van der Waals surface area contributed by atoms with Crippen molar-refractivity contribution in [1.82, 2.24) is 9.80 Å². The lowest BCUT2D eigenvalue weighted by Crippen LogP contribution is -2.41. The predicted octanol–water partition coefficient (Wildman–Crippen LogP) is 1.07. The van der Waals surface area contributed by atoms with Gasteiger partial charge in [-0.25, -0.2) is 0 Å². The fraction of sp³-hybridized carbons (Fsp3) is 0.846. The molecule has 94 valence electrons. The molecule has 3 fully saturated rings. The molecule has 4 heteroatoms. The van der Waals surface area contributed by atoms with Crippen molar-refractivity contribution in [3.8, 4) is 0 Å². The van der Waals surface area contributed by atoms with E-state index in [9.17, 15) is 9.59 Å². The van der Waals surface area contributed by atoms with E-state index in [1.807, 2.05) is 6.92 Å². The fourth-order valence-corrected chi connectivity index (χ4v) is 3.62. The predicted molar refractivity (Wildman–Crippen MR) is 62.9 cm³/mol. The van der Waals surface area contributed by atoms with E-state index in [0.717, 1.165) is 24.7 Å². The van der Waals surface area contributed by atoms with Gasteiger partial charge >= 0.3 is 0 Å². The van der Waals surface area contributed by atoms with Crippen molar-refractivity contribution in [3.05, 3.63) is 0 Å². The van der Waals surface area contributed by atoms with Crippen molar-refractivity contribution >= 4 is 11.8 Å². The van der Waals surface area contributed by atoms with Crippen LogP contribution in [0, 0.1) is 17.3 Å². The molecule has 17 heavy (non-hydrogen) atoms. The average Bonchev–Trinajstić information content (AvgIpc) is 2.74. The highest BCUT2D eigenvalue weighted by Crippen LogP contribution is 2.60. The Bertz CT molecular complexity index is 370. The van der Waals surface area contributed by atoms with Crippen LogP contribution in [0.5, 0.6) is 0 Å². The highest BCUT2D eigenvalue weighted by molar-refractivity contribution is 5.90. The smallest absolute Gasteiger partial charge is 0.243 e. The molecule has 3 rings (SSSR count). The number of nitrogens with zero attached hydrogens (tertiary/aromatic N) is 2. The first-order valence-electron chi connectivity index (χ1n) is 6.60. The lowest BCUT2D eigenvalue weighted by atomic mass is 9.84. The molecule has 3 aliphatic rings. The maximum atomic E-state index is 12.5. The summed E-state index contributed by atoms with van der Waals surface area (Å²) in [6, 6.07) is 0. The van der Waals surface area contributed by atoms with Crippen LogP contribution in [0.2, 0.25) is 0 Å². The molecule has 2 saturated carbocycles. The van der Waals surface area contributed by atoms with E-state index >= 15 is 0 Å². The summed E-state index contributed by atoms with van der Waals surface area (Å²) in [7, 11) is 0. The van der Waals surface area contributed by atoms with Gasteiger partial charge in [-0.2, -0.15) is 0 Å². The number of carbonyl (C=O) groups excluding carboxylic acids is 2. The Morgan fingerprint density at radius 1 is 1.41 bits per heavy atom. The van der Waals surface area contributed by atoms with E-state index in [0.29, 0.717) is 13.2 Å². The zero-order valence-electron chi connectivity index (χ0n) is 10.6. The normalized spacial score (nSPS) is 39.8. The summed E-state index contributed by atoms with van der Waals surface area (Å²) in [6.45, 7) is 5.53. The molecule has 0 aromatic rings. The summed E-state index contributed by atoms with van der Waals surface area (Å²) < 4.78 is 0. The lowest BCUT2D eigenvalue weighted by Gasteiger charge is -2.29. The average molecular weight is 236 g/mol. The van der Waals surface area contributed by atoms with Gasteiger partial charge in [0.25, 0.3) is 0 Å². The van der Waals surface area contributed by atoms with E-state index in [1.54, 1.807) is 9.80 Å². The summed E-state index contributed by atoms with van der Waals surface area (Å²) in [5, 5.41) is 0. The van der Waals surface area contributed by atoms with Crippen molar-refractivity contribution in [2.24, 2.45) is 17.3 Å². The SMILES string of the molecule is CCN1CN(C(=O)C2(C)CC3CC3C2)CC1=O. The van der Waals surface area contributed by atoms with Gasteiger partial charge in [-0.15, -0.1) is 0 Å². The molecule has 0 aromatic carbocycles. The molecule has 1 heterocycles. The van der Waals surface area contributed by atoms with Gasteiger partial charge in [0.15, 0.2) is 0 Å². The number of likely N-dealkylation sites (N-methyl/N-ethyl adjacent to an activating group) is 1. The largest absolute Gasteiger partial charge is 0.324 e. The molecule has 0 aromatic heterocycles. The van der Waals surface area contributed by atoms with E-state index in [1.165, 1.54) is 6.42 Å². The van der Waals surface area contributed by atoms with Crippen LogP contribution >= 0.6 is 0 Å². The first kappa shape index (κ1) is 11.1. The molecule has 2 atom stereocenters. The maximum Gasteiger partial charge on any atom is 0.243 e. The minimum Gasteiger partial charge on any atom is -0.324 e. The van der Waals surface area contributed by atoms with Gasteiger partial charge in [-0.1, -0.05) is 6.92 Å². The molecule has 1 aliphatic heterocycles. The van der Waals surface area contributed by atoms with Crippen LogP contribution in [0.25, 0.3) is 0 Å². The van der Waals surface area contributed by atoms with Crippen LogP contribution in [0.4, 0.5) is 0 Å². The van der Waals surface area contributed by atoms with Crippen LogP contribution < -0.4 is 0 Å². The fourth-order valence-electron chi connectivity index (χ4n) is 3.62. The Hall–Kier alpha value is -1.06. The second-order valence-corrected chi connectivity index (χ2v) is 6.12. The molecular weight excluding hydrogens is 216 g/mol. The third-order valence-electron chi connectivity index (χ3n) is 4.70. The summed E-state index contributed by atoms with van der Waals surface area (Å²) in [5.74, 6) is 1.88. The molecule has 0 N–H and O–H groups in total. The van der Waals surface area contributed by atoms with Gasteiger partial charge < -0.3 is 9.80 Å². The quantitative estimate of drug-likeness (QED) is 0.719. The highest BCUT2D eigenvalue weighted by atomic mass is 16.2. The monoisotopic (exact) mass is 236 g/mol. The van der Waals surface area contributed by atoms with Crippen LogP contribution in [0.3, 0.4) is 0 Å². The van der Waals surface area contributed by atoms with Crippen molar-refractivity contribution < 1.29 is 9.59 Å². The standard InChI is InChI=1S/C13H20N2O2/c1-3-14-8-15(7-11(14)16)12(17)13(2)5-9-4-10(9)6-13/h9-10H,3-8H2,1-2H3. The lowest BCUT2D eigenvalue weighted by molar-refractivity contribution is -0.141. The summed E-state index contributed by atoms with van der Waals surface area (Å²) in [5.41, 5.74) is -0.183. The number of hydrogen-bond donors (Lipinski definition) is 0. The van der Waals surface area contributed by atoms with Crippen molar-refractivity contribution in [1.29, 1.82) is 0 Å². The molecule has 2 amide bonds. The maximum absolute atomic E-state index is 12.5. The van der Waals surface area contributed by atoms with Crippen molar-refractivity contribution in [2.75, 3.05) is 19.8 Å². The van der Waals surface area contributed by atoms with Crippen molar-refractivity contribution in [3.63, 3.8) is 0 Å². The zero-order valence-corrected chi connectivity index (χ0v) is 10.6. The molecule has 0 bridgehead atoms. The van der Waals surface area contributed by atoms with Gasteiger partial charge in [0.1, 0.15) is 6.54 Å². The van der Waals surface area contributed by atoms with Gasteiger partial charge in [0.05, 0.1) is 6.67 Å². The Kier molecular flexibility index (Phi) is 2.25. The van der Waals surface area contributed by atoms with Crippen molar-refractivity contribution in [2.45, 2.75) is 33.1 Å². The number of amides is 2. The number of fused-ring (bicyclic) bond motifs is 1. The first-order chi connectivity index (χ1) is 8.03. The minimum absolute atomic E-state index is 0.0904. The molecule has 2 aliphatic carbocycles. The summed E-state index contributed by atoms with van der Waals surface area (Å²) in [4.78, 5) is 27.6. The Morgan fingerprint density at radius 3 is 2.59 bits per heavy atom. The van der Waals surface area contributed by atoms with E-state index in [4.69, 9.17) is 0 Å². The van der Waals surface area contributed by atoms with E-state index < -0.39 is 0 Å². The first-order valence-corrected chi connectivity index (χ1v) is 6.60. The topological polar surface area (TPSA) is 40.6 Å². The van der Waals surface area contributed by atoms with Gasteiger partial charge in [-0.05, 0) is 38.0 Å². The number of carbonyl (C=O) groups is 2. The Balaban J connectivity index is 1.69. The van der Waals surface area contributed by atoms with Crippen LogP contribution in [-0.4, -0.2) is 41.4 Å². The summed E-state index contributed by atoms with van der Waals surface area (Å²) in [6.07, 6.45) is 3.39. The van der Waals surface area contributed by atoms with Crippen LogP contribution in [0.15, 0.2) is 0 Å². The molecule has 1 saturated heterocycles. The second kappa shape index (κ2) is 3.47. The molecule has 2 unspecified atom stereocenters. The van der Waals surface area contributed by atoms with Crippen LogP contribution in [0.1, 0.15) is 33.1 Å². The van der Waals surface area contributed by atoms with Crippen LogP contribution in [-0.2, 0) is 9.59 Å². The van der Waals surface area contributed by atoms with Gasteiger partial charge in [0, 0.05) is 12.0 Å². The second-order valence-electron chi connectivity index (χ2n) is 6.12. The van der Waals surface area contributed by atoms with E-state index in [-0.39, 0.29) is 23.8 Å². The molecule has 0 radical (unpaired) electrons.